The van der Waals surface area contributed by atoms with E-state index in [0.717, 1.165) is 12.1 Å². The molecule has 134 valence electrons. The summed E-state index contributed by atoms with van der Waals surface area (Å²) in [7, 11) is 0. The van der Waals surface area contributed by atoms with Crippen LogP contribution in [0.5, 0.6) is 0 Å². The number of nitrogens with zero attached hydrogens (tertiary/aromatic N) is 1. The number of fused-ring (bicyclic) bond motifs is 1. The normalized spacial score (nSPS) is 11.5. The Kier molecular flexibility index (Phi) is 4.52. The van der Waals surface area contributed by atoms with E-state index in [1.165, 1.54) is 40.5 Å². The number of pyridine rings is 1. The number of benzene rings is 2. The molecule has 0 aliphatic carbocycles. The zero-order chi connectivity index (χ0) is 18.9. The van der Waals surface area contributed by atoms with Crippen LogP contribution in [0.4, 0.5) is 13.2 Å². The predicted octanol–water partition coefficient (Wildman–Crippen LogP) is 3.19. The molecule has 1 heterocycles. The number of carbonyl (C=O) groups is 1. The molecule has 0 fully saturated rings. The van der Waals surface area contributed by atoms with Gasteiger partial charge in [-0.05, 0) is 41.3 Å². The van der Waals surface area contributed by atoms with Crippen LogP contribution in [0.2, 0.25) is 0 Å². The third-order valence-electron chi connectivity index (χ3n) is 3.98. The Hall–Kier alpha value is -3.13. The summed E-state index contributed by atoms with van der Waals surface area (Å²) in [4.78, 5) is 24.1. The minimum Gasteiger partial charge on any atom is -0.311 e. The average molecular weight is 362 g/mol. The molecule has 3 aromatic rings. The van der Waals surface area contributed by atoms with Gasteiger partial charge in [-0.2, -0.15) is 13.2 Å². The number of amides is 1. The summed E-state index contributed by atoms with van der Waals surface area (Å²) in [6.07, 6.45) is -2.88. The zero-order valence-corrected chi connectivity index (χ0v) is 13.2. The number of carbonyl (C=O) groups excluding carboxylic acids is 1. The Morgan fingerprint density at radius 2 is 1.77 bits per heavy atom. The predicted molar refractivity (Wildman–Crippen MR) is 88.0 cm³/mol. The van der Waals surface area contributed by atoms with Crippen molar-refractivity contribution in [1.29, 1.82) is 0 Å². The molecule has 0 bridgehead atoms. The smallest absolute Gasteiger partial charge is 0.311 e. The summed E-state index contributed by atoms with van der Waals surface area (Å²) in [6.45, 7) is 0.0866. The van der Waals surface area contributed by atoms with Gasteiger partial charge in [0.1, 0.15) is 0 Å². The summed E-state index contributed by atoms with van der Waals surface area (Å²) < 4.78 is 39.2. The van der Waals surface area contributed by atoms with E-state index in [1.54, 1.807) is 12.1 Å². The topological polar surface area (TPSA) is 71.3 Å². The molecule has 0 saturated heterocycles. The van der Waals surface area contributed by atoms with Crippen LogP contribution in [0.3, 0.4) is 0 Å². The van der Waals surface area contributed by atoms with Crippen LogP contribution in [-0.4, -0.2) is 15.7 Å². The molecule has 8 heteroatoms. The van der Waals surface area contributed by atoms with Crippen LogP contribution in [0.1, 0.15) is 21.5 Å². The Morgan fingerprint density at radius 3 is 2.38 bits per heavy atom. The fourth-order valence-corrected chi connectivity index (χ4v) is 2.61. The van der Waals surface area contributed by atoms with Crippen LogP contribution in [-0.2, 0) is 12.7 Å². The summed E-state index contributed by atoms with van der Waals surface area (Å²) in [5, 5.41) is 9.56. The average Bonchev–Trinajstić information content (AvgIpc) is 2.63. The van der Waals surface area contributed by atoms with Gasteiger partial charge in [0.25, 0.3) is 11.5 Å². The number of halogens is 3. The lowest BCUT2D eigenvalue weighted by atomic mass is 10.1. The van der Waals surface area contributed by atoms with E-state index in [0.29, 0.717) is 10.9 Å². The molecule has 0 unspecified atom stereocenters. The molecule has 0 aliphatic rings. The second-order valence-electron chi connectivity index (χ2n) is 5.69. The van der Waals surface area contributed by atoms with E-state index in [2.05, 4.69) is 0 Å². The molecule has 5 nitrogen and oxygen atoms in total. The van der Waals surface area contributed by atoms with Crippen LogP contribution < -0.4 is 11.0 Å². The van der Waals surface area contributed by atoms with E-state index >= 15 is 0 Å². The molecule has 2 aromatic carbocycles. The third-order valence-corrected chi connectivity index (χ3v) is 3.98. The number of alkyl halides is 3. The van der Waals surface area contributed by atoms with Gasteiger partial charge in [0.2, 0.25) is 0 Å². The van der Waals surface area contributed by atoms with Gasteiger partial charge in [-0.25, -0.2) is 5.48 Å². The maximum absolute atomic E-state index is 12.6. The SMILES string of the molecule is O=C(NO)c1ccc2ccn(Cc3ccc(C(F)(F)F)cc3)c(=O)c2c1. The Balaban J connectivity index is 1.96. The van der Waals surface area contributed by atoms with Gasteiger partial charge in [0, 0.05) is 17.1 Å². The van der Waals surface area contributed by atoms with Gasteiger partial charge < -0.3 is 4.57 Å². The Morgan fingerprint density at radius 1 is 1.08 bits per heavy atom. The maximum atomic E-state index is 12.6. The molecule has 0 atom stereocenters. The maximum Gasteiger partial charge on any atom is 0.416 e. The highest BCUT2D eigenvalue weighted by Crippen LogP contribution is 2.29. The molecule has 0 aliphatic heterocycles. The van der Waals surface area contributed by atoms with Crippen LogP contribution >= 0.6 is 0 Å². The second kappa shape index (κ2) is 6.64. The first kappa shape index (κ1) is 17.7. The molecule has 0 radical (unpaired) electrons. The molecule has 0 saturated carbocycles. The van der Waals surface area contributed by atoms with Gasteiger partial charge >= 0.3 is 6.18 Å². The van der Waals surface area contributed by atoms with Crippen molar-refractivity contribution in [2.24, 2.45) is 0 Å². The summed E-state index contributed by atoms with van der Waals surface area (Å²) in [6, 6.07) is 10.6. The summed E-state index contributed by atoms with van der Waals surface area (Å²) >= 11 is 0. The number of hydroxylamine groups is 1. The molecule has 26 heavy (non-hydrogen) atoms. The molecule has 1 aromatic heterocycles. The Bertz CT molecular complexity index is 1020. The number of hydrogen-bond acceptors (Lipinski definition) is 3. The number of hydrogen-bond donors (Lipinski definition) is 2. The summed E-state index contributed by atoms with van der Waals surface area (Å²) in [5.74, 6) is -0.746. The Labute approximate surface area is 145 Å². The lowest BCUT2D eigenvalue weighted by Gasteiger charge is -2.10. The van der Waals surface area contributed by atoms with Crippen LogP contribution in [0, 0.1) is 0 Å². The third kappa shape index (κ3) is 3.45. The monoisotopic (exact) mass is 362 g/mol. The second-order valence-corrected chi connectivity index (χ2v) is 5.69. The summed E-state index contributed by atoms with van der Waals surface area (Å²) in [5.41, 5.74) is 0.993. The molecule has 2 N–H and O–H groups in total. The fraction of sp³-hybridized carbons (Fsp3) is 0.111. The van der Waals surface area contributed by atoms with Crippen molar-refractivity contribution in [3.05, 3.63) is 81.8 Å². The quantitative estimate of drug-likeness (QED) is 0.555. The minimum atomic E-state index is -4.41. The van der Waals surface area contributed by atoms with Crippen LogP contribution in [0.15, 0.2) is 59.5 Å². The molecule has 0 spiro atoms. The van der Waals surface area contributed by atoms with Crippen molar-refractivity contribution in [2.45, 2.75) is 12.7 Å². The van der Waals surface area contributed by atoms with E-state index in [1.807, 2.05) is 0 Å². The lowest BCUT2D eigenvalue weighted by molar-refractivity contribution is -0.137. The molecular formula is C18H13F3N2O3. The standard InChI is InChI=1S/C18H13F3N2O3/c19-18(20,21)14-5-1-11(2-6-14)10-23-8-7-12-3-4-13(16(24)22-26)9-15(12)17(23)25/h1-9,26H,10H2,(H,22,24). The van der Waals surface area contributed by atoms with Crippen molar-refractivity contribution >= 4 is 16.7 Å². The highest BCUT2D eigenvalue weighted by atomic mass is 19.4. The highest BCUT2D eigenvalue weighted by molar-refractivity contribution is 5.97. The first-order chi connectivity index (χ1) is 12.3. The van der Waals surface area contributed by atoms with E-state index < -0.39 is 23.2 Å². The van der Waals surface area contributed by atoms with E-state index in [9.17, 15) is 22.8 Å². The van der Waals surface area contributed by atoms with Crippen molar-refractivity contribution in [3.8, 4) is 0 Å². The fourth-order valence-electron chi connectivity index (χ4n) is 2.61. The van der Waals surface area contributed by atoms with Crippen molar-refractivity contribution in [1.82, 2.24) is 10.0 Å². The zero-order valence-electron chi connectivity index (χ0n) is 13.2. The van der Waals surface area contributed by atoms with Crippen molar-refractivity contribution in [2.75, 3.05) is 0 Å². The number of rotatable bonds is 3. The van der Waals surface area contributed by atoms with Gasteiger partial charge in [-0.1, -0.05) is 18.2 Å². The number of nitrogens with one attached hydrogen (secondary N) is 1. The molecule has 3 rings (SSSR count). The molecule has 1 amide bonds. The van der Waals surface area contributed by atoms with Crippen molar-refractivity contribution in [3.63, 3.8) is 0 Å². The van der Waals surface area contributed by atoms with Gasteiger partial charge in [0.15, 0.2) is 0 Å². The number of aromatic nitrogens is 1. The first-order valence-corrected chi connectivity index (χ1v) is 7.53. The van der Waals surface area contributed by atoms with Gasteiger partial charge in [-0.3, -0.25) is 14.8 Å². The lowest BCUT2D eigenvalue weighted by Crippen LogP contribution is -2.22. The molecular weight excluding hydrogens is 349 g/mol. The first-order valence-electron chi connectivity index (χ1n) is 7.53. The van der Waals surface area contributed by atoms with Gasteiger partial charge in [-0.15, -0.1) is 0 Å². The highest BCUT2D eigenvalue weighted by Gasteiger charge is 2.29. The van der Waals surface area contributed by atoms with Crippen LogP contribution in [0.25, 0.3) is 10.8 Å². The van der Waals surface area contributed by atoms with Crippen molar-refractivity contribution < 1.29 is 23.2 Å². The van der Waals surface area contributed by atoms with Gasteiger partial charge in [0.05, 0.1) is 12.1 Å². The largest absolute Gasteiger partial charge is 0.416 e. The van der Waals surface area contributed by atoms with E-state index in [4.69, 9.17) is 5.21 Å². The van der Waals surface area contributed by atoms with E-state index in [-0.39, 0.29) is 17.5 Å². The minimum absolute atomic E-state index is 0.0866.